The number of halogens is 1. The van der Waals surface area contributed by atoms with Crippen LogP contribution >= 0.6 is 15.9 Å². The highest BCUT2D eigenvalue weighted by molar-refractivity contribution is 9.10. The average Bonchev–Trinajstić information content (AvgIpc) is 3.19. The summed E-state index contributed by atoms with van der Waals surface area (Å²) in [6.07, 6.45) is 0.939. The number of carbonyl (C=O) groups is 1. The topological polar surface area (TPSA) is 102 Å². The zero-order valence-electron chi connectivity index (χ0n) is 11.3. The van der Waals surface area contributed by atoms with E-state index in [0.29, 0.717) is 4.47 Å². The summed E-state index contributed by atoms with van der Waals surface area (Å²) in [6, 6.07) is 3.00. The average molecular weight is 359 g/mol. The molecule has 0 aromatic heterocycles. The number of rotatable bonds is 6. The number of nitro benzene ring substituents is 1. The molecule has 21 heavy (non-hydrogen) atoms. The molecule has 0 spiro atoms. The van der Waals surface area contributed by atoms with E-state index in [9.17, 15) is 20.0 Å². The van der Waals surface area contributed by atoms with Crippen LogP contribution in [0.5, 0.6) is 5.75 Å². The molecule has 1 aromatic carbocycles. The van der Waals surface area contributed by atoms with Gasteiger partial charge in [-0.1, -0.05) is 15.9 Å². The second-order valence-corrected chi connectivity index (χ2v) is 5.82. The van der Waals surface area contributed by atoms with E-state index in [1.54, 1.807) is 0 Å². The van der Waals surface area contributed by atoms with Crippen LogP contribution in [0.2, 0.25) is 0 Å². The van der Waals surface area contributed by atoms with Crippen molar-refractivity contribution in [2.75, 3.05) is 6.61 Å². The molecule has 7 nitrogen and oxygen atoms in total. The second kappa shape index (κ2) is 6.40. The summed E-state index contributed by atoms with van der Waals surface area (Å²) in [6.45, 7) is 1.15. The van der Waals surface area contributed by atoms with Gasteiger partial charge in [-0.25, -0.2) is 0 Å². The molecule has 1 amide bonds. The Morgan fingerprint density at radius 1 is 1.62 bits per heavy atom. The molecule has 1 aliphatic rings. The quantitative estimate of drug-likeness (QED) is 0.598. The Bertz CT molecular complexity index is 572. The van der Waals surface area contributed by atoms with Crippen LogP contribution in [0.4, 0.5) is 5.69 Å². The summed E-state index contributed by atoms with van der Waals surface area (Å²) in [7, 11) is 0. The molecule has 2 N–H and O–H groups in total. The fourth-order valence-electron chi connectivity index (χ4n) is 1.84. The summed E-state index contributed by atoms with van der Waals surface area (Å²) in [5.41, 5.74) is -0.0326. The number of carbonyl (C=O) groups excluding carboxylic acids is 1. The molecule has 0 aliphatic heterocycles. The lowest BCUT2D eigenvalue weighted by Gasteiger charge is -2.14. The molecule has 1 aromatic rings. The minimum absolute atomic E-state index is 0.0795. The molecule has 1 atom stereocenters. The van der Waals surface area contributed by atoms with E-state index in [1.165, 1.54) is 19.1 Å². The van der Waals surface area contributed by atoms with E-state index >= 15 is 0 Å². The van der Waals surface area contributed by atoms with Gasteiger partial charge in [0.2, 0.25) is 5.75 Å². The number of nitro groups is 1. The third-order valence-corrected chi connectivity index (χ3v) is 3.46. The molecule has 1 saturated carbocycles. The van der Waals surface area contributed by atoms with E-state index in [-0.39, 0.29) is 35.6 Å². The fourth-order valence-corrected chi connectivity index (χ4v) is 2.30. The summed E-state index contributed by atoms with van der Waals surface area (Å²) in [4.78, 5) is 22.1. The zero-order valence-corrected chi connectivity index (χ0v) is 12.9. The minimum atomic E-state index is -0.956. The van der Waals surface area contributed by atoms with E-state index in [2.05, 4.69) is 21.2 Å². The van der Waals surface area contributed by atoms with Gasteiger partial charge in [0.05, 0.1) is 11.0 Å². The molecular weight excluding hydrogens is 344 g/mol. The highest BCUT2D eigenvalue weighted by atomic mass is 79.9. The van der Waals surface area contributed by atoms with Crippen LogP contribution in [0, 0.1) is 10.1 Å². The van der Waals surface area contributed by atoms with E-state index in [1.807, 2.05) is 0 Å². The predicted octanol–water partition coefficient (Wildman–Crippen LogP) is 2.07. The highest BCUT2D eigenvalue weighted by Gasteiger charge is 2.26. The Labute approximate surface area is 129 Å². The van der Waals surface area contributed by atoms with Gasteiger partial charge >= 0.3 is 5.69 Å². The third-order valence-electron chi connectivity index (χ3n) is 3.00. The number of aliphatic hydroxyl groups is 1. The summed E-state index contributed by atoms with van der Waals surface area (Å²) in [5.74, 6) is -0.407. The fraction of sp³-hybridized carbons (Fsp3) is 0.462. The van der Waals surface area contributed by atoms with E-state index in [4.69, 9.17) is 4.74 Å². The molecule has 8 heteroatoms. The Balaban J connectivity index is 2.21. The third kappa shape index (κ3) is 4.15. The molecule has 0 heterocycles. The number of ether oxygens (including phenoxy) is 1. The van der Waals surface area contributed by atoms with Gasteiger partial charge in [0.1, 0.15) is 0 Å². The van der Waals surface area contributed by atoms with Crippen LogP contribution in [0.15, 0.2) is 16.6 Å². The number of nitrogens with zero attached hydrogens (tertiary/aromatic N) is 1. The molecule has 114 valence electrons. The van der Waals surface area contributed by atoms with Crippen molar-refractivity contribution < 1.29 is 19.6 Å². The molecule has 1 unspecified atom stereocenters. The first kappa shape index (κ1) is 15.7. The summed E-state index contributed by atoms with van der Waals surface area (Å²) < 4.78 is 5.76. The van der Waals surface area contributed by atoms with Crippen molar-refractivity contribution in [3.05, 3.63) is 32.3 Å². The first-order chi connectivity index (χ1) is 9.88. The number of amides is 1. The first-order valence-electron chi connectivity index (χ1n) is 6.46. The Kier molecular flexibility index (Phi) is 4.79. The van der Waals surface area contributed by atoms with Gasteiger partial charge in [-0.2, -0.15) is 0 Å². The first-order valence-corrected chi connectivity index (χ1v) is 7.26. The van der Waals surface area contributed by atoms with Crippen LogP contribution < -0.4 is 10.1 Å². The number of hydrogen-bond donors (Lipinski definition) is 2. The van der Waals surface area contributed by atoms with Gasteiger partial charge in [-0.15, -0.1) is 0 Å². The summed E-state index contributed by atoms with van der Waals surface area (Å²) in [5, 5.41) is 23.6. The molecule has 0 radical (unpaired) electrons. The second-order valence-electron chi connectivity index (χ2n) is 4.91. The minimum Gasteiger partial charge on any atom is -0.476 e. The number of nitrogens with one attached hydrogen (secondary N) is 1. The maximum absolute atomic E-state index is 11.6. The van der Waals surface area contributed by atoms with Crippen LogP contribution in [0.25, 0.3) is 0 Å². The van der Waals surface area contributed by atoms with E-state index in [0.717, 1.165) is 12.8 Å². The number of benzene rings is 1. The van der Waals surface area contributed by atoms with Gasteiger partial charge in [0.15, 0.2) is 6.61 Å². The van der Waals surface area contributed by atoms with Crippen molar-refractivity contribution >= 4 is 27.5 Å². The smallest absolute Gasteiger partial charge is 0.312 e. The lowest BCUT2D eigenvalue weighted by atomic mass is 10.1. The van der Waals surface area contributed by atoms with Crippen LogP contribution in [-0.2, 0) is 4.79 Å². The van der Waals surface area contributed by atoms with Gasteiger partial charge in [-0.3, -0.25) is 14.9 Å². The van der Waals surface area contributed by atoms with Crippen LogP contribution in [0.1, 0.15) is 31.4 Å². The Morgan fingerprint density at radius 3 is 2.81 bits per heavy atom. The van der Waals surface area contributed by atoms with E-state index < -0.39 is 11.0 Å². The number of hydrogen-bond acceptors (Lipinski definition) is 5. The van der Waals surface area contributed by atoms with Crippen molar-refractivity contribution in [3.8, 4) is 5.75 Å². The lowest BCUT2D eigenvalue weighted by molar-refractivity contribution is -0.386. The monoisotopic (exact) mass is 358 g/mol. The maximum Gasteiger partial charge on any atom is 0.312 e. The van der Waals surface area contributed by atoms with Gasteiger partial charge in [0.25, 0.3) is 5.91 Å². The molecule has 0 bridgehead atoms. The van der Waals surface area contributed by atoms with Crippen molar-refractivity contribution in [2.45, 2.75) is 31.9 Å². The Morgan fingerprint density at radius 2 is 2.29 bits per heavy atom. The summed E-state index contributed by atoms with van der Waals surface area (Å²) >= 11 is 3.15. The molecule has 2 rings (SSSR count). The lowest BCUT2D eigenvalue weighted by Crippen LogP contribution is -2.30. The molecule has 0 saturated heterocycles. The molecule has 1 fully saturated rings. The highest BCUT2D eigenvalue weighted by Crippen LogP contribution is 2.37. The molecule has 1 aliphatic carbocycles. The SMILES string of the molecule is CC(O)c1cc(Br)cc([N+](=O)[O-])c1OCC(=O)NC1CC1. The van der Waals surface area contributed by atoms with Crippen molar-refractivity contribution in [1.82, 2.24) is 5.32 Å². The van der Waals surface area contributed by atoms with Crippen LogP contribution in [0.3, 0.4) is 0 Å². The van der Waals surface area contributed by atoms with Gasteiger partial charge < -0.3 is 15.2 Å². The predicted molar refractivity (Wildman–Crippen MR) is 78.1 cm³/mol. The van der Waals surface area contributed by atoms with Gasteiger partial charge in [-0.05, 0) is 25.8 Å². The number of aliphatic hydroxyl groups excluding tert-OH is 1. The normalized spacial score (nSPS) is 15.4. The molecular formula is C13H15BrN2O5. The van der Waals surface area contributed by atoms with Crippen molar-refractivity contribution in [3.63, 3.8) is 0 Å². The standard InChI is InChI=1S/C13H15BrN2O5/c1-7(17)10-4-8(14)5-11(16(19)20)13(10)21-6-12(18)15-9-2-3-9/h4-5,7,9,17H,2-3,6H2,1H3,(H,15,18). The van der Waals surface area contributed by atoms with Crippen LogP contribution in [-0.4, -0.2) is 28.6 Å². The van der Waals surface area contributed by atoms with Crippen molar-refractivity contribution in [2.24, 2.45) is 0 Å². The van der Waals surface area contributed by atoms with Gasteiger partial charge in [0, 0.05) is 22.1 Å². The maximum atomic E-state index is 11.6. The zero-order chi connectivity index (χ0) is 15.6. The van der Waals surface area contributed by atoms with Crippen molar-refractivity contribution in [1.29, 1.82) is 0 Å². The Hall–Kier alpha value is -1.67. The largest absolute Gasteiger partial charge is 0.476 e.